The highest BCUT2D eigenvalue weighted by Gasteiger charge is 2.22. The molecule has 4 amide bonds. The number of rotatable bonds is 8. The molecule has 17 heteroatoms. The van der Waals surface area contributed by atoms with Crippen LogP contribution >= 0.6 is 0 Å². The highest BCUT2D eigenvalue weighted by molar-refractivity contribution is 7.86. The molecule has 0 radical (unpaired) electrons. The van der Waals surface area contributed by atoms with Gasteiger partial charge in [0.15, 0.2) is 0 Å². The Balaban J connectivity index is 1.18. The Morgan fingerprint density at radius 2 is 0.865 bits per heavy atom. The van der Waals surface area contributed by atoms with Gasteiger partial charge in [-0.15, -0.1) is 0 Å². The van der Waals surface area contributed by atoms with Crippen molar-refractivity contribution in [3.8, 4) is 11.5 Å². The maximum absolute atomic E-state index is 13.2. The Morgan fingerprint density at radius 1 is 0.481 bits per heavy atom. The van der Waals surface area contributed by atoms with Gasteiger partial charge >= 0.3 is 6.03 Å². The van der Waals surface area contributed by atoms with Gasteiger partial charge in [0.05, 0.1) is 11.4 Å². The molecule has 0 aliphatic rings. The van der Waals surface area contributed by atoms with E-state index in [0.29, 0.717) is 10.8 Å². The van der Waals surface area contributed by atoms with Crippen molar-refractivity contribution in [3.63, 3.8) is 0 Å². The highest BCUT2D eigenvalue weighted by Crippen LogP contribution is 2.38. The zero-order valence-electron chi connectivity index (χ0n) is 26.4. The van der Waals surface area contributed by atoms with Gasteiger partial charge in [0.1, 0.15) is 21.3 Å². The number of fused-ring (bicyclic) bond motifs is 2. The second kappa shape index (κ2) is 13.6. The average molecular weight is 743 g/mol. The summed E-state index contributed by atoms with van der Waals surface area (Å²) in [5.74, 6) is -2.48. The van der Waals surface area contributed by atoms with E-state index in [0.717, 1.165) is 12.1 Å². The van der Waals surface area contributed by atoms with Crippen molar-refractivity contribution in [1.82, 2.24) is 0 Å². The van der Waals surface area contributed by atoms with Crippen molar-refractivity contribution in [1.29, 1.82) is 0 Å². The number of carbonyl (C=O) groups excluding carboxylic acids is 3. The molecule has 0 spiro atoms. The normalized spacial score (nSPS) is 11.6. The quantitative estimate of drug-likeness (QED) is 0.0659. The number of benzene rings is 6. The fraction of sp³-hybridized carbons (Fsp3) is 0. The zero-order valence-corrected chi connectivity index (χ0v) is 28.0. The number of amides is 4. The molecular weight excluding hydrogens is 717 g/mol. The van der Waals surface area contributed by atoms with Crippen LogP contribution in [0.4, 0.5) is 27.5 Å². The second-order valence-corrected chi connectivity index (χ2v) is 14.0. The van der Waals surface area contributed by atoms with Crippen molar-refractivity contribution in [2.75, 3.05) is 21.3 Å². The molecule has 8 N–H and O–H groups in total. The number of nitrogens with one attached hydrogen (secondary N) is 4. The Morgan fingerprint density at radius 3 is 1.25 bits per heavy atom. The summed E-state index contributed by atoms with van der Waals surface area (Å²) in [5, 5.41) is 31.5. The van der Waals surface area contributed by atoms with Crippen LogP contribution in [0.3, 0.4) is 0 Å². The maximum atomic E-state index is 13.2. The lowest BCUT2D eigenvalue weighted by Gasteiger charge is -2.14. The van der Waals surface area contributed by atoms with Crippen molar-refractivity contribution in [2.24, 2.45) is 0 Å². The van der Waals surface area contributed by atoms with Gasteiger partial charge in [0.2, 0.25) is 0 Å². The maximum Gasteiger partial charge on any atom is 0.323 e. The van der Waals surface area contributed by atoms with Crippen LogP contribution < -0.4 is 21.3 Å². The first-order valence-electron chi connectivity index (χ1n) is 15.0. The third-order valence-electron chi connectivity index (χ3n) is 7.77. The summed E-state index contributed by atoms with van der Waals surface area (Å²) in [4.78, 5) is 38.3. The second-order valence-electron chi connectivity index (χ2n) is 11.2. The Labute approximate surface area is 295 Å². The van der Waals surface area contributed by atoms with Gasteiger partial charge in [-0.25, -0.2) is 4.79 Å². The van der Waals surface area contributed by atoms with Gasteiger partial charge in [-0.05, 0) is 71.4 Å². The predicted octanol–water partition coefficient (Wildman–Crippen LogP) is 6.05. The number of aromatic hydroxyl groups is 2. The van der Waals surface area contributed by atoms with E-state index < -0.39 is 59.4 Å². The monoisotopic (exact) mass is 742 g/mol. The van der Waals surface area contributed by atoms with Gasteiger partial charge in [0.25, 0.3) is 32.1 Å². The number of phenolic OH excluding ortho intramolecular Hbond substituents is 2. The minimum absolute atomic E-state index is 0.00560. The third kappa shape index (κ3) is 7.32. The lowest BCUT2D eigenvalue weighted by atomic mass is 10.1. The molecule has 264 valence electrons. The molecule has 0 aromatic heterocycles. The van der Waals surface area contributed by atoms with E-state index >= 15 is 0 Å². The largest absolute Gasteiger partial charge is 0.506 e. The Hall–Kier alpha value is -6.53. The van der Waals surface area contributed by atoms with Crippen molar-refractivity contribution in [2.45, 2.75) is 9.79 Å². The summed E-state index contributed by atoms with van der Waals surface area (Å²) in [6.45, 7) is 0. The lowest BCUT2D eigenvalue weighted by molar-refractivity contribution is 0.101. The van der Waals surface area contributed by atoms with Crippen LogP contribution in [0.15, 0.2) is 119 Å². The van der Waals surface area contributed by atoms with Gasteiger partial charge in [-0.3, -0.25) is 18.7 Å². The SMILES string of the molecule is O=C(Nc1cccc(C(=O)Nc2c(O)ccc3cccc(S(=O)(=O)O)c23)c1)Nc1cccc(C(=O)Nc2c(O)ccc3cccc(S(=O)(=O)O)c23)c1. The molecule has 0 unspecified atom stereocenters. The first-order chi connectivity index (χ1) is 24.6. The van der Waals surface area contributed by atoms with Gasteiger partial charge < -0.3 is 31.5 Å². The summed E-state index contributed by atoms with van der Waals surface area (Å²) in [6.07, 6.45) is 0. The van der Waals surface area contributed by atoms with E-state index in [1.54, 1.807) is 0 Å². The minimum Gasteiger partial charge on any atom is -0.506 e. The van der Waals surface area contributed by atoms with E-state index in [2.05, 4.69) is 21.3 Å². The lowest BCUT2D eigenvalue weighted by Crippen LogP contribution is -2.20. The smallest absolute Gasteiger partial charge is 0.323 e. The highest BCUT2D eigenvalue weighted by atomic mass is 32.2. The summed E-state index contributed by atoms with van der Waals surface area (Å²) >= 11 is 0. The number of carbonyl (C=O) groups is 3. The van der Waals surface area contributed by atoms with Crippen LogP contribution in [-0.2, 0) is 20.2 Å². The molecule has 6 rings (SSSR count). The van der Waals surface area contributed by atoms with Crippen LogP contribution in [0.5, 0.6) is 11.5 Å². The zero-order chi connectivity index (χ0) is 37.4. The first-order valence-corrected chi connectivity index (χ1v) is 17.8. The van der Waals surface area contributed by atoms with Crippen LogP contribution in [0.25, 0.3) is 21.5 Å². The van der Waals surface area contributed by atoms with Crippen molar-refractivity contribution in [3.05, 3.63) is 120 Å². The number of hydrogen-bond donors (Lipinski definition) is 8. The van der Waals surface area contributed by atoms with E-state index in [4.69, 9.17) is 0 Å². The fourth-order valence-corrected chi connectivity index (χ4v) is 6.95. The molecule has 6 aromatic rings. The summed E-state index contributed by atoms with van der Waals surface area (Å²) in [7, 11) is -9.46. The summed E-state index contributed by atoms with van der Waals surface area (Å²) in [5.41, 5.74) is -0.200. The molecule has 0 aliphatic heterocycles. The van der Waals surface area contributed by atoms with Crippen LogP contribution in [0.2, 0.25) is 0 Å². The standard InChI is InChI=1S/C35H26N4O11S2/c40-25-15-13-19-5-3-11-27(51(45,46)47)29(19)31(25)38-33(42)21-7-1-9-23(17-21)36-35(44)37-24-10-2-8-22(18-24)34(43)39-32-26(41)16-14-20-6-4-12-28(30(20)32)52(48,49)50/h1-18,40-41H,(H,38,42)(H,39,43)(H2,36,37,44)(H,45,46,47)(H,48,49,50). The molecule has 0 bridgehead atoms. The van der Waals surface area contributed by atoms with Crippen LogP contribution in [0, 0.1) is 0 Å². The first kappa shape index (κ1) is 35.3. The molecule has 6 aromatic carbocycles. The fourth-order valence-electron chi connectivity index (χ4n) is 5.49. The van der Waals surface area contributed by atoms with E-state index in [-0.39, 0.29) is 44.6 Å². The summed E-state index contributed by atoms with van der Waals surface area (Å²) < 4.78 is 67.6. The number of urea groups is 1. The molecule has 15 nitrogen and oxygen atoms in total. The number of hydrogen-bond acceptors (Lipinski definition) is 9. The average Bonchev–Trinajstić information content (AvgIpc) is 3.09. The topological polar surface area (TPSA) is 249 Å². The molecule has 52 heavy (non-hydrogen) atoms. The number of phenols is 2. The van der Waals surface area contributed by atoms with Crippen molar-refractivity contribution < 1.29 is 50.5 Å². The van der Waals surface area contributed by atoms with Gasteiger partial charge in [-0.2, -0.15) is 16.8 Å². The third-order valence-corrected chi connectivity index (χ3v) is 9.56. The van der Waals surface area contributed by atoms with E-state index in [1.165, 1.54) is 97.1 Å². The minimum atomic E-state index is -4.73. The molecular formula is C35H26N4O11S2. The molecule has 0 aliphatic carbocycles. The Bertz CT molecular complexity index is 2500. The van der Waals surface area contributed by atoms with E-state index in [1.807, 2.05) is 0 Å². The van der Waals surface area contributed by atoms with Gasteiger partial charge in [0, 0.05) is 33.3 Å². The molecule has 0 saturated carbocycles. The predicted molar refractivity (Wildman–Crippen MR) is 192 cm³/mol. The van der Waals surface area contributed by atoms with Crippen molar-refractivity contribution >= 4 is 82.4 Å². The molecule has 0 heterocycles. The van der Waals surface area contributed by atoms with Crippen LogP contribution in [-0.4, -0.2) is 54.0 Å². The summed E-state index contributed by atoms with van der Waals surface area (Å²) in [6, 6.07) is 23.9. The molecule has 0 atom stereocenters. The molecule has 0 saturated heterocycles. The van der Waals surface area contributed by atoms with Crippen LogP contribution in [0.1, 0.15) is 20.7 Å². The Kier molecular flexibility index (Phi) is 9.26. The molecule has 0 fully saturated rings. The number of anilines is 4. The van der Waals surface area contributed by atoms with E-state index in [9.17, 15) is 50.5 Å². The van der Waals surface area contributed by atoms with Gasteiger partial charge in [-0.1, -0.05) is 48.5 Å².